The van der Waals surface area contributed by atoms with E-state index in [4.69, 9.17) is 14.0 Å². The fourth-order valence-electron chi connectivity index (χ4n) is 3.71. The lowest BCUT2D eigenvalue weighted by molar-refractivity contribution is 0.0855. The predicted molar refractivity (Wildman–Crippen MR) is 126 cm³/mol. The van der Waals surface area contributed by atoms with Crippen molar-refractivity contribution < 1.29 is 23.2 Å². The summed E-state index contributed by atoms with van der Waals surface area (Å²) in [4.78, 5) is 35.4. The van der Waals surface area contributed by atoms with Crippen LogP contribution in [0.1, 0.15) is 45.7 Å². The number of carbonyl (C=O) groups excluding carboxylic acids is 1. The van der Waals surface area contributed by atoms with Gasteiger partial charge < -0.3 is 19.3 Å². The van der Waals surface area contributed by atoms with Gasteiger partial charge in [-0.3, -0.25) is 9.78 Å². The van der Waals surface area contributed by atoms with E-state index in [-0.39, 0.29) is 24.1 Å². The maximum Gasteiger partial charge on any atom is 0.270 e. The van der Waals surface area contributed by atoms with E-state index in [9.17, 15) is 9.18 Å². The number of aromatic nitrogens is 4. The summed E-state index contributed by atoms with van der Waals surface area (Å²) in [5.74, 6) is 0.242. The van der Waals surface area contributed by atoms with Crippen LogP contribution in [0.4, 0.5) is 4.39 Å². The average Bonchev–Trinajstić information content (AvgIpc) is 3.61. The van der Waals surface area contributed by atoms with Gasteiger partial charge in [-0.1, -0.05) is 17.3 Å². The van der Waals surface area contributed by atoms with Gasteiger partial charge in [0.05, 0.1) is 19.0 Å². The first-order valence-electron chi connectivity index (χ1n) is 11.0. The molecule has 0 fully saturated rings. The molecule has 1 N–H and O–H groups in total. The Kier molecular flexibility index (Phi) is 6.35. The quantitative estimate of drug-likeness (QED) is 0.417. The highest BCUT2D eigenvalue weighted by molar-refractivity contribution is 6.02. The number of benzene rings is 1. The van der Waals surface area contributed by atoms with Crippen LogP contribution < -0.4 is 10.1 Å². The predicted octanol–water partition coefficient (Wildman–Crippen LogP) is 3.78. The molecule has 0 aliphatic carbocycles. The third-order valence-electron chi connectivity index (χ3n) is 5.55. The molecule has 0 radical (unpaired) electrons. The van der Waals surface area contributed by atoms with Crippen LogP contribution in [0.15, 0.2) is 64.8 Å². The fraction of sp³-hybridized carbons (Fsp3) is 0.200. The fourth-order valence-corrected chi connectivity index (χ4v) is 3.71. The summed E-state index contributed by atoms with van der Waals surface area (Å²) in [6.07, 6.45) is 4.77. The largest absolute Gasteiger partial charge is 0.494 e. The van der Waals surface area contributed by atoms with Crippen molar-refractivity contribution in [3.05, 3.63) is 89.3 Å². The molecule has 1 unspecified atom stereocenters. The lowest BCUT2D eigenvalue weighted by atomic mass is 10.0. The van der Waals surface area contributed by atoms with Crippen molar-refractivity contribution in [1.82, 2.24) is 25.3 Å². The van der Waals surface area contributed by atoms with Crippen LogP contribution in [-0.4, -0.2) is 38.7 Å². The van der Waals surface area contributed by atoms with Crippen molar-refractivity contribution in [2.75, 3.05) is 7.11 Å². The van der Waals surface area contributed by atoms with Crippen LogP contribution in [0.5, 0.6) is 5.75 Å². The first-order chi connectivity index (χ1) is 17.5. The van der Waals surface area contributed by atoms with E-state index < -0.39 is 11.7 Å². The number of nitrogens with one attached hydrogen (secondary N) is 1. The Balaban J connectivity index is 1.25. The number of hydrogen-bond donors (Lipinski definition) is 1. The monoisotopic (exact) mass is 488 g/mol. The Labute approximate surface area is 205 Å². The number of amides is 1. The standard InChI is InChI=1S/C25H21FN6O4/c1-14-30-19(8-21(31-14)25(33)29-10-15-3-5-17(26)23(7-15)34-2)20-9-22(36-32-20)16-4-6-18(28-11-16)24-12-27-13-35-24/h3-8,11-13,22H,9-10H2,1-2H3,(H,29,33). The minimum absolute atomic E-state index is 0.110. The van der Waals surface area contributed by atoms with Gasteiger partial charge >= 0.3 is 0 Å². The molecule has 1 aliphatic rings. The molecule has 11 heteroatoms. The molecule has 4 aromatic rings. The van der Waals surface area contributed by atoms with E-state index in [1.54, 1.807) is 31.5 Å². The number of halogens is 1. The highest BCUT2D eigenvalue weighted by atomic mass is 19.1. The van der Waals surface area contributed by atoms with Crippen LogP contribution in [-0.2, 0) is 11.4 Å². The zero-order chi connectivity index (χ0) is 25.1. The summed E-state index contributed by atoms with van der Waals surface area (Å²) in [6.45, 7) is 1.88. The summed E-state index contributed by atoms with van der Waals surface area (Å²) < 4.78 is 23.9. The van der Waals surface area contributed by atoms with Gasteiger partial charge in [-0.25, -0.2) is 19.3 Å². The second-order valence-corrected chi connectivity index (χ2v) is 8.02. The number of rotatable bonds is 7. The topological polar surface area (TPSA) is 125 Å². The van der Waals surface area contributed by atoms with Gasteiger partial charge in [-0.15, -0.1) is 0 Å². The van der Waals surface area contributed by atoms with E-state index >= 15 is 0 Å². The molecule has 1 aliphatic heterocycles. The molecule has 1 amide bonds. The van der Waals surface area contributed by atoms with E-state index in [0.717, 1.165) is 5.56 Å². The molecule has 36 heavy (non-hydrogen) atoms. The van der Waals surface area contributed by atoms with E-state index in [0.29, 0.717) is 40.7 Å². The Hall–Kier alpha value is -4.67. The van der Waals surface area contributed by atoms with Gasteiger partial charge in [0, 0.05) is 24.7 Å². The second-order valence-electron chi connectivity index (χ2n) is 8.02. The van der Waals surface area contributed by atoms with Crippen molar-refractivity contribution >= 4 is 11.6 Å². The molecule has 182 valence electrons. The number of methoxy groups -OCH3 is 1. The number of hydrogen-bond acceptors (Lipinski definition) is 9. The molecule has 5 rings (SSSR count). The average molecular weight is 488 g/mol. The molecule has 3 aromatic heterocycles. The maximum absolute atomic E-state index is 13.6. The van der Waals surface area contributed by atoms with Crippen molar-refractivity contribution in [2.45, 2.75) is 26.0 Å². The van der Waals surface area contributed by atoms with Gasteiger partial charge in [0.2, 0.25) is 0 Å². The van der Waals surface area contributed by atoms with Gasteiger partial charge in [0.15, 0.2) is 29.8 Å². The van der Waals surface area contributed by atoms with Crippen molar-refractivity contribution in [3.63, 3.8) is 0 Å². The first kappa shape index (κ1) is 23.1. The number of carbonyl (C=O) groups is 1. The van der Waals surface area contributed by atoms with Crippen LogP contribution >= 0.6 is 0 Å². The highest BCUT2D eigenvalue weighted by Crippen LogP contribution is 2.30. The third kappa shape index (κ3) is 4.90. The van der Waals surface area contributed by atoms with E-state index in [2.05, 4.69) is 30.4 Å². The smallest absolute Gasteiger partial charge is 0.270 e. The van der Waals surface area contributed by atoms with Crippen LogP contribution in [0.2, 0.25) is 0 Å². The number of aryl methyl sites for hydroxylation is 1. The second kappa shape index (κ2) is 9.90. The molecule has 1 atom stereocenters. The molecule has 4 heterocycles. The number of ether oxygens (including phenoxy) is 1. The lowest BCUT2D eigenvalue weighted by Gasteiger charge is -2.09. The van der Waals surface area contributed by atoms with Crippen LogP contribution in [0, 0.1) is 12.7 Å². The minimum Gasteiger partial charge on any atom is -0.494 e. The number of nitrogens with zero attached hydrogens (tertiary/aromatic N) is 5. The summed E-state index contributed by atoms with van der Waals surface area (Å²) in [7, 11) is 1.39. The highest BCUT2D eigenvalue weighted by Gasteiger charge is 2.26. The molecular weight excluding hydrogens is 467 g/mol. The normalized spacial score (nSPS) is 14.8. The van der Waals surface area contributed by atoms with Crippen molar-refractivity contribution in [1.29, 1.82) is 0 Å². The zero-order valence-electron chi connectivity index (χ0n) is 19.4. The molecule has 0 spiro atoms. The summed E-state index contributed by atoms with van der Waals surface area (Å²) in [6, 6.07) is 9.69. The first-order valence-corrected chi connectivity index (χ1v) is 11.0. The molecule has 0 saturated heterocycles. The van der Waals surface area contributed by atoms with Gasteiger partial charge in [-0.05, 0) is 36.8 Å². The minimum atomic E-state index is -0.469. The summed E-state index contributed by atoms with van der Waals surface area (Å²) in [5, 5.41) is 6.97. The third-order valence-corrected chi connectivity index (χ3v) is 5.55. The van der Waals surface area contributed by atoms with E-state index in [1.807, 2.05) is 12.1 Å². The van der Waals surface area contributed by atoms with Gasteiger partial charge in [-0.2, -0.15) is 0 Å². The zero-order valence-corrected chi connectivity index (χ0v) is 19.4. The summed E-state index contributed by atoms with van der Waals surface area (Å²) >= 11 is 0. The molecule has 1 aromatic carbocycles. The Morgan fingerprint density at radius 1 is 1.17 bits per heavy atom. The van der Waals surface area contributed by atoms with Crippen LogP contribution in [0.25, 0.3) is 11.5 Å². The van der Waals surface area contributed by atoms with E-state index in [1.165, 1.54) is 25.6 Å². The SMILES string of the molecule is COc1cc(CNC(=O)c2cc(C3=NOC(c4ccc(-c5cnco5)nc4)C3)nc(C)n2)ccc1F. The maximum atomic E-state index is 13.6. The number of oxime groups is 1. The van der Waals surface area contributed by atoms with Crippen molar-refractivity contribution in [3.8, 4) is 17.2 Å². The lowest BCUT2D eigenvalue weighted by Crippen LogP contribution is -2.25. The molecular formula is C25H21FN6O4. The number of oxazole rings is 1. The van der Waals surface area contributed by atoms with Crippen LogP contribution in [0.3, 0.4) is 0 Å². The summed E-state index contributed by atoms with van der Waals surface area (Å²) in [5.41, 5.74) is 3.49. The van der Waals surface area contributed by atoms with Crippen molar-refractivity contribution in [2.24, 2.45) is 5.16 Å². The molecule has 0 saturated carbocycles. The molecule has 10 nitrogen and oxygen atoms in total. The van der Waals surface area contributed by atoms with Gasteiger partial charge in [0.25, 0.3) is 5.91 Å². The molecule has 0 bridgehead atoms. The number of pyridine rings is 1. The Bertz CT molecular complexity index is 1420. The Morgan fingerprint density at radius 2 is 2.06 bits per heavy atom. The Morgan fingerprint density at radius 3 is 2.81 bits per heavy atom. The van der Waals surface area contributed by atoms with Gasteiger partial charge in [0.1, 0.15) is 22.9 Å².